The maximum atomic E-state index is 12.6. The van der Waals surface area contributed by atoms with Gasteiger partial charge in [0.15, 0.2) is 6.73 Å². The highest BCUT2D eigenvalue weighted by molar-refractivity contribution is 6.06. The summed E-state index contributed by atoms with van der Waals surface area (Å²) in [6, 6.07) is 0. The molecule has 10 nitrogen and oxygen atoms in total. The highest BCUT2D eigenvalue weighted by Crippen LogP contribution is 2.52. The van der Waals surface area contributed by atoms with Crippen LogP contribution in [0.15, 0.2) is 0 Å². The predicted octanol–water partition coefficient (Wildman–Crippen LogP) is -0.698. The molecule has 3 heterocycles. The minimum absolute atomic E-state index is 0.236. The first-order valence-electron chi connectivity index (χ1n) is 8.27. The molecule has 0 saturated carbocycles. The molecule has 3 aliphatic heterocycles. The van der Waals surface area contributed by atoms with E-state index in [1.54, 1.807) is 6.92 Å². The summed E-state index contributed by atoms with van der Waals surface area (Å²) < 4.78 is 15.8. The molecule has 0 aliphatic carbocycles. The fraction of sp³-hybridized carbons (Fsp3) is 0.688. The van der Waals surface area contributed by atoms with Gasteiger partial charge in [0.25, 0.3) is 0 Å². The summed E-state index contributed by atoms with van der Waals surface area (Å²) in [6.45, 7) is 2.50. The molecule has 3 rings (SSSR count). The molecule has 0 radical (unpaired) electrons. The van der Waals surface area contributed by atoms with E-state index in [1.807, 2.05) is 0 Å². The van der Waals surface area contributed by atoms with Gasteiger partial charge in [0, 0.05) is 12.8 Å². The zero-order valence-corrected chi connectivity index (χ0v) is 14.2. The lowest BCUT2D eigenvalue weighted by molar-refractivity contribution is -0.160. The van der Waals surface area contributed by atoms with Crippen LogP contribution in [0.2, 0.25) is 0 Å². The number of rotatable bonds is 6. The van der Waals surface area contributed by atoms with Crippen molar-refractivity contribution in [3.05, 3.63) is 0 Å². The first kappa shape index (κ1) is 18.3. The van der Waals surface area contributed by atoms with Gasteiger partial charge >= 0.3 is 17.9 Å². The number of carbonyl (C=O) groups is 5. The van der Waals surface area contributed by atoms with Gasteiger partial charge < -0.3 is 19.3 Å². The Morgan fingerprint density at radius 2 is 1.73 bits per heavy atom. The third-order valence-electron chi connectivity index (χ3n) is 5.07. The molecular weight excluding hydrogens is 350 g/mol. The number of amides is 2. The summed E-state index contributed by atoms with van der Waals surface area (Å²) in [5.74, 6) is -5.18. The standard InChI is InChI=1S/C16H19NO9/c1-6-12-10-11(14(26-12)13(6)25-7(2)18)16(23)17(15(10)22)5-24-9(21)4-3-8(19)20/h6,10-14H,3-5H2,1-2H3,(H,19,20)/t6-,10?,11?,12-,13?,14?/m1/s1. The number of carboxylic acid groups (broad SMARTS) is 1. The van der Waals surface area contributed by atoms with E-state index in [0.717, 1.165) is 4.90 Å². The lowest BCUT2D eigenvalue weighted by Gasteiger charge is -2.29. The number of carbonyl (C=O) groups excluding carboxylic acids is 4. The number of nitrogens with zero attached hydrogens (tertiary/aromatic N) is 1. The van der Waals surface area contributed by atoms with Crippen LogP contribution in [0.5, 0.6) is 0 Å². The van der Waals surface area contributed by atoms with Crippen molar-refractivity contribution in [1.29, 1.82) is 0 Å². The normalized spacial score (nSPS) is 34.8. The van der Waals surface area contributed by atoms with Crippen molar-refractivity contribution in [2.45, 2.75) is 45.0 Å². The number of esters is 2. The molecule has 142 valence electrons. The Kier molecular flexibility index (Phi) is 4.70. The van der Waals surface area contributed by atoms with Crippen molar-refractivity contribution in [1.82, 2.24) is 4.90 Å². The fourth-order valence-electron chi connectivity index (χ4n) is 3.95. The third-order valence-corrected chi connectivity index (χ3v) is 5.07. The molecule has 4 unspecified atom stereocenters. The molecule has 1 N–H and O–H groups in total. The van der Waals surface area contributed by atoms with Gasteiger partial charge in [0.05, 0.1) is 30.8 Å². The lowest BCUT2D eigenvalue weighted by atomic mass is 9.74. The Hall–Kier alpha value is -2.49. The van der Waals surface area contributed by atoms with Crippen LogP contribution in [-0.4, -0.2) is 64.8 Å². The summed E-state index contributed by atoms with van der Waals surface area (Å²) in [5, 5.41) is 8.54. The summed E-state index contributed by atoms with van der Waals surface area (Å²) in [7, 11) is 0. The minimum Gasteiger partial charge on any atom is -0.481 e. The quantitative estimate of drug-likeness (QED) is 0.476. The van der Waals surface area contributed by atoms with Crippen molar-refractivity contribution < 1.29 is 43.3 Å². The molecule has 3 saturated heterocycles. The maximum absolute atomic E-state index is 12.6. The lowest BCUT2D eigenvalue weighted by Crippen LogP contribution is -2.45. The monoisotopic (exact) mass is 369 g/mol. The van der Waals surface area contributed by atoms with Crippen molar-refractivity contribution in [2.75, 3.05) is 6.73 Å². The van der Waals surface area contributed by atoms with E-state index in [2.05, 4.69) is 0 Å². The first-order chi connectivity index (χ1) is 12.2. The molecule has 0 aromatic carbocycles. The van der Waals surface area contributed by atoms with Crippen LogP contribution in [0.25, 0.3) is 0 Å². The Bertz CT molecular complexity index is 675. The highest BCUT2D eigenvalue weighted by atomic mass is 16.6. The topological polar surface area (TPSA) is 137 Å². The van der Waals surface area contributed by atoms with E-state index in [1.165, 1.54) is 6.92 Å². The van der Waals surface area contributed by atoms with E-state index in [9.17, 15) is 24.0 Å². The predicted molar refractivity (Wildman–Crippen MR) is 80.0 cm³/mol. The summed E-state index contributed by atoms with van der Waals surface area (Å²) in [6.07, 6.45) is -2.59. The molecule has 10 heteroatoms. The number of likely N-dealkylation sites (tertiary alicyclic amines) is 1. The van der Waals surface area contributed by atoms with Gasteiger partial charge in [0.2, 0.25) is 11.8 Å². The van der Waals surface area contributed by atoms with E-state index < -0.39 is 73.0 Å². The Labute approximate surface area is 148 Å². The van der Waals surface area contributed by atoms with Gasteiger partial charge in [-0.1, -0.05) is 6.92 Å². The van der Waals surface area contributed by atoms with E-state index in [4.69, 9.17) is 19.3 Å². The molecule has 3 fully saturated rings. The highest BCUT2D eigenvalue weighted by Gasteiger charge is 2.69. The molecule has 0 aromatic heterocycles. The number of hydrogen-bond donors (Lipinski definition) is 1. The second kappa shape index (κ2) is 6.67. The number of aliphatic carboxylic acids is 1. The molecule has 26 heavy (non-hydrogen) atoms. The number of hydrogen-bond acceptors (Lipinski definition) is 8. The van der Waals surface area contributed by atoms with E-state index in [-0.39, 0.29) is 12.3 Å². The molecule has 6 atom stereocenters. The van der Waals surface area contributed by atoms with Gasteiger partial charge in [-0.05, 0) is 0 Å². The van der Waals surface area contributed by atoms with Crippen molar-refractivity contribution >= 4 is 29.7 Å². The Morgan fingerprint density at radius 3 is 2.31 bits per heavy atom. The molecular formula is C16H19NO9. The van der Waals surface area contributed by atoms with Crippen molar-refractivity contribution in [3.8, 4) is 0 Å². The molecule has 0 aromatic rings. The van der Waals surface area contributed by atoms with Crippen LogP contribution >= 0.6 is 0 Å². The largest absolute Gasteiger partial charge is 0.481 e. The van der Waals surface area contributed by atoms with Gasteiger partial charge in [0.1, 0.15) is 12.2 Å². The zero-order chi connectivity index (χ0) is 19.2. The van der Waals surface area contributed by atoms with Crippen LogP contribution in [0.1, 0.15) is 26.7 Å². The third kappa shape index (κ3) is 2.94. The number of carboxylic acids is 1. The molecule has 0 spiro atoms. The fourth-order valence-corrected chi connectivity index (χ4v) is 3.95. The van der Waals surface area contributed by atoms with Gasteiger partial charge in [-0.3, -0.25) is 24.0 Å². The zero-order valence-electron chi connectivity index (χ0n) is 14.2. The number of ether oxygens (including phenoxy) is 3. The minimum atomic E-state index is -1.15. The van der Waals surface area contributed by atoms with Crippen LogP contribution in [0.4, 0.5) is 0 Å². The van der Waals surface area contributed by atoms with Gasteiger partial charge in [-0.15, -0.1) is 0 Å². The Morgan fingerprint density at radius 1 is 1.12 bits per heavy atom. The van der Waals surface area contributed by atoms with Gasteiger partial charge in [-0.25, -0.2) is 4.90 Å². The van der Waals surface area contributed by atoms with Crippen molar-refractivity contribution in [3.63, 3.8) is 0 Å². The molecule has 3 aliphatic rings. The average molecular weight is 369 g/mol. The van der Waals surface area contributed by atoms with E-state index >= 15 is 0 Å². The van der Waals surface area contributed by atoms with Gasteiger partial charge in [-0.2, -0.15) is 0 Å². The second-order valence-electron chi connectivity index (χ2n) is 6.69. The smallest absolute Gasteiger partial charge is 0.308 e. The molecule has 2 bridgehead atoms. The number of imide groups is 1. The Balaban J connectivity index is 1.66. The van der Waals surface area contributed by atoms with Crippen LogP contribution in [-0.2, 0) is 38.2 Å². The SMILES string of the molecule is CC(=O)OC1C2O[C@@H](C3C(=O)N(COC(=O)CCC(=O)O)C(=O)C23)[C@H]1C. The second-order valence-corrected chi connectivity index (χ2v) is 6.69. The summed E-state index contributed by atoms with van der Waals surface area (Å²) in [5.41, 5.74) is 0. The maximum Gasteiger partial charge on any atom is 0.308 e. The first-order valence-corrected chi connectivity index (χ1v) is 8.27. The van der Waals surface area contributed by atoms with Crippen LogP contribution < -0.4 is 0 Å². The summed E-state index contributed by atoms with van der Waals surface area (Å²) >= 11 is 0. The van der Waals surface area contributed by atoms with E-state index in [0.29, 0.717) is 0 Å². The van der Waals surface area contributed by atoms with Crippen LogP contribution in [0.3, 0.4) is 0 Å². The molecule has 2 amide bonds. The van der Waals surface area contributed by atoms with Crippen molar-refractivity contribution in [2.24, 2.45) is 17.8 Å². The van der Waals surface area contributed by atoms with Crippen LogP contribution in [0, 0.1) is 17.8 Å². The summed E-state index contributed by atoms with van der Waals surface area (Å²) in [4.78, 5) is 59.2. The average Bonchev–Trinajstić information content (AvgIpc) is 3.16. The number of fused-ring (bicyclic) bond motifs is 5.